The first-order chi connectivity index (χ1) is 12.1. The van der Waals surface area contributed by atoms with E-state index in [1.54, 1.807) is 6.08 Å². The van der Waals surface area contributed by atoms with Crippen molar-refractivity contribution in [1.82, 2.24) is 9.97 Å². The van der Waals surface area contributed by atoms with Crippen molar-refractivity contribution in [2.24, 2.45) is 5.92 Å². The molecule has 3 nitrogen and oxygen atoms in total. The average molecular weight is 328 g/mol. The highest BCUT2D eigenvalue weighted by atomic mass is 16.1. The zero-order valence-corrected chi connectivity index (χ0v) is 14.5. The summed E-state index contributed by atoms with van der Waals surface area (Å²) in [5, 5.41) is 0. The smallest absolute Gasteiger partial charge is 0.126 e. The minimum atomic E-state index is -0.210. The lowest BCUT2D eigenvalue weighted by molar-refractivity contribution is -0.109. The van der Waals surface area contributed by atoms with Crippen molar-refractivity contribution >= 4 is 30.1 Å². The summed E-state index contributed by atoms with van der Waals surface area (Å²) in [6, 6.07) is 6.03. The van der Waals surface area contributed by atoms with Crippen molar-refractivity contribution in [2.75, 3.05) is 0 Å². The first-order valence-corrected chi connectivity index (χ1v) is 8.25. The van der Waals surface area contributed by atoms with Gasteiger partial charge in [-0.15, -0.1) is 0 Å². The first-order valence-electron chi connectivity index (χ1n) is 8.25. The van der Waals surface area contributed by atoms with Gasteiger partial charge in [0.1, 0.15) is 6.29 Å². The maximum Gasteiger partial charge on any atom is 0.126 e. The van der Waals surface area contributed by atoms with Gasteiger partial charge in [0.05, 0.1) is 22.8 Å². The molecule has 2 aromatic rings. The summed E-state index contributed by atoms with van der Waals surface area (Å²) in [7, 11) is 0. The zero-order valence-electron chi connectivity index (χ0n) is 14.5. The van der Waals surface area contributed by atoms with E-state index in [0.29, 0.717) is 0 Å². The number of aldehydes is 1. The molecule has 0 saturated heterocycles. The maximum absolute atomic E-state index is 11.2. The van der Waals surface area contributed by atoms with Gasteiger partial charge < -0.3 is 4.79 Å². The van der Waals surface area contributed by atoms with E-state index in [-0.39, 0.29) is 5.92 Å². The average Bonchev–Trinajstić information content (AvgIpc) is 2.94. The SMILES string of the molecule is C=Cc1cccc2c1/C(=C\C(C)C=O)c1nc(/C=C\C)c(C=C)nc1-2. The second-order valence-corrected chi connectivity index (χ2v) is 5.94. The van der Waals surface area contributed by atoms with Crippen molar-refractivity contribution in [2.45, 2.75) is 13.8 Å². The Kier molecular flexibility index (Phi) is 4.57. The molecule has 1 aromatic heterocycles. The summed E-state index contributed by atoms with van der Waals surface area (Å²) in [6.07, 6.45) is 10.3. The van der Waals surface area contributed by atoms with Gasteiger partial charge in [-0.3, -0.25) is 0 Å². The van der Waals surface area contributed by atoms with Gasteiger partial charge in [0.2, 0.25) is 0 Å². The fourth-order valence-electron chi connectivity index (χ4n) is 3.09. The maximum atomic E-state index is 11.2. The van der Waals surface area contributed by atoms with E-state index in [4.69, 9.17) is 9.97 Å². The van der Waals surface area contributed by atoms with E-state index in [1.807, 2.05) is 56.4 Å². The molecule has 0 spiro atoms. The van der Waals surface area contributed by atoms with Gasteiger partial charge in [0.15, 0.2) is 0 Å². The standard InChI is InChI=1S/C22H20N2O/c1-5-9-19-18(7-3)23-21-16-11-8-10-15(6-2)20(16)17(22(21)24-19)12-14(4)13-25/h5-14H,2-3H2,1,4H3/b9-5-,17-12+. The molecule has 0 radical (unpaired) electrons. The molecule has 1 aliphatic carbocycles. The van der Waals surface area contributed by atoms with E-state index in [0.717, 1.165) is 51.3 Å². The molecule has 25 heavy (non-hydrogen) atoms. The molecule has 0 bridgehead atoms. The summed E-state index contributed by atoms with van der Waals surface area (Å²) in [5.41, 5.74) is 7.14. The number of hydrogen-bond acceptors (Lipinski definition) is 3. The summed E-state index contributed by atoms with van der Waals surface area (Å²) < 4.78 is 0. The highest BCUT2D eigenvalue weighted by Gasteiger charge is 2.29. The highest BCUT2D eigenvalue weighted by Crippen LogP contribution is 2.45. The Morgan fingerprint density at radius 1 is 1.08 bits per heavy atom. The molecule has 1 unspecified atom stereocenters. The van der Waals surface area contributed by atoms with Crippen LogP contribution in [-0.4, -0.2) is 16.3 Å². The van der Waals surface area contributed by atoms with Crippen molar-refractivity contribution in [3.8, 4) is 11.3 Å². The van der Waals surface area contributed by atoms with Crippen LogP contribution in [-0.2, 0) is 4.79 Å². The summed E-state index contributed by atoms with van der Waals surface area (Å²) in [5.74, 6) is -0.210. The molecule has 0 saturated carbocycles. The monoisotopic (exact) mass is 328 g/mol. The van der Waals surface area contributed by atoms with Crippen LogP contribution < -0.4 is 0 Å². The van der Waals surface area contributed by atoms with Crippen LogP contribution in [0.1, 0.15) is 42.1 Å². The lowest BCUT2D eigenvalue weighted by Gasteiger charge is -2.08. The molecule has 3 rings (SSSR count). The van der Waals surface area contributed by atoms with Crippen LogP contribution in [0.15, 0.2) is 43.5 Å². The molecule has 1 atom stereocenters. The molecule has 0 fully saturated rings. The fourth-order valence-corrected chi connectivity index (χ4v) is 3.09. The van der Waals surface area contributed by atoms with E-state index < -0.39 is 0 Å². The zero-order chi connectivity index (χ0) is 18.0. The van der Waals surface area contributed by atoms with Crippen LogP contribution in [0.5, 0.6) is 0 Å². The number of benzene rings is 1. The number of aromatic nitrogens is 2. The molecular formula is C22H20N2O. The second-order valence-electron chi connectivity index (χ2n) is 5.94. The number of fused-ring (bicyclic) bond motifs is 3. The minimum Gasteiger partial charge on any atom is -0.303 e. The Bertz CT molecular complexity index is 935. The Labute approximate surface area is 148 Å². The van der Waals surface area contributed by atoms with E-state index in [9.17, 15) is 4.79 Å². The van der Waals surface area contributed by atoms with E-state index in [2.05, 4.69) is 13.2 Å². The summed E-state index contributed by atoms with van der Waals surface area (Å²) in [6.45, 7) is 11.6. The number of allylic oxidation sites excluding steroid dienone is 2. The third-order valence-corrected chi connectivity index (χ3v) is 4.21. The molecule has 3 heteroatoms. The number of nitrogens with zero attached hydrogens (tertiary/aromatic N) is 2. The van der Waals surface area contributed by atoms with Crippen LogP contribution in [0.3, 0.4) is 0 Å². The van der Waals surface area contributed by atoms with Crippen LogP contribution in [0.2, 0.25) is 0 Å². The topological polar surface area (TPSA) is 42.9 Å². The van der Waals surface area contributed by atoms with Crippen molar-refractivity contribution in [3.63, 3.8) is 0 Å². The normalized spacial score (nSPS) is 15.0. The summed E-state index contributed by atoms with van der Waals surface area (Å²) in [4.78, 5) is 20.8. The predicted molar refractivity (Wildman–Crippen MR) is 105 cm³/mol. The van der Waals surface area contributed by atoms with Crippen LogP contribution in [0.25, 0.3) is 35.1 Å². The largest absolute Gasteiger partial charge is 0.303 e. The van der Waals surface area contributed by atoms with Crippen LogP contribution in [0, 0.1) is 5.92 Å². The number of hydrogen-bond donors (Lipinski definition) is 0. The van der Waals surface area contributed by atoms with Crippen molar-refractivity contribution < 1.29 is 4.79 Å². The lowest BCUT2D eigenvalue weighted by atomic mass is 9.97. The number of rotatable bonds is 5. The minimum absolute atomic E-state index is 0.210. The Hall–Kier alpha value is -3.07. The quantitative estimate of drug-likeness (QED) is 0.616. The van der Waals surface area contributed by atoms with Crippen LogP contribution in [0.4, 0.5) is 0 Å². The van der Waals surface area contributed by atoms with Crippen LogP contribution >= 0.6 is 0 Å². The molecule has 124 valence electrons. The number of carbonyl (C=O) groups is 1. The second kappa shape index (κ2) is 6.81. The third kappa shape index (κ3) is 2.78. The molecule has 1 heterocycles. The third-order valence-electron chi connectivity index (χ3n) is 4.21. The van der Waals surface area contributed by atoms with Gasteiger partial charge in [-0.25, -0.2) is 9.97 Å². The molecule has 0 amide bonds. The van der Waals surface area contributed by atoms with Gasteiger partial charge in [0.25, 0.3) is 0 Å². The van der Waals surface area contributed by atoms with Gasteiger partial charge in [0, 0.05) is 22.6 Å². The van der Waals surface area contributed by atoms with Gasteiger partial charge in [-0.2, -0.15) is 0 Å². The molecule has 1 aliphatic rings. The first kappa shape index (κ1) is 16.8. The molecule has 0 aliphatic heterocycles. The lowest BCUT2D eigenvalue weighted by Crippen LogP contribution is -1.99. The predicted octanol–water partition coefficient (Wildman–Crippen LogP) is 5.04. The summed E-state index contributed by atoms with van der Waals surface area (Å²) >= 11 is 0. The molecular weight excluding hydrogens is 308 g/mol. The Morgan fingerprint density at radius 2 is 1.84 bits per heavy atom. The Balaban J connectivity index is 2.38. The van der Waals surface area contributed by atoms with Gasteiger partial charge >= 0.3 is 0 Å². The molecule has 0 N–H and O–H groups in total. The molecule has 1 aromatic carbocycles. The fraction of sp³-hybridized carbons (Fsp3) is 0.136. The van der Waals surface area contributed by atoms with Gasteiger partial charge in [-0.1, -0.05) is 56.5 Å². The van der Waals surface area contributed by atoms with Crippen molar-refractivity contribution in [3.05, 3.63) is 71.7 Å². The number of carbonyl (C=O) groups excluding carboxylic acids is 1. The van der Waals surface area contributed by atoms with Crippen molar-refractivity contribution in [1.29, 1.82) is 0 Å². The Morgan fingerprint density at radius 3 is 2.48 bits per heavy atom. The highest BCUT2D eigenvalue weighted by molar-refractivity contribution is 6.02. The van der Waals surface area contributed by atoms with E-state index >= 15 is 0 Å². The van der Waals surface area contributed by atoms with Gasteiger partial charge in [-0.05, 0) is 24.6 Å². The van der Waals surface area contributed by atoms with E-state index in [1.165, 1.54) is 0 Å².